The van der Waals surface area contributed by atoms with E-state index in [1.807, 2.05) is 41.8 Å². The summed E-state index contributed by atoms with van der Waals surface area (Å²) in [5.41, 5.74) is 1.91. The van der Waals surface area contributed by atoms with E-state index in [1.165, 1.54) is 0 Å². The number of hydrogen-bond donors (Lipinski definition) is 0. The predicted molar refractivity (Wildman–Crippen MR) is 124 cm³/mol. The molecular weight excluding hydrogens is 422 g/mol. The molecule has 1 aromatic heterocycles. The Morgan fingerprint density at radius 3 is 2.58 bits per heavy atom. The van der Waals surface area contributed by atoms with Crippen LogP contribution in [0.15, 0.2) is 47.4 Å². The number of carbonyl (C=O) groups excluding carboxylic acids is 1. The first kappa shape index (κ1) is 21.3. The third-order valence-electron chi connectivity index (χ3n) is 6.36. The number of aromatic nitrogens is 1. The summed E-state index contributed by atoms with van der Waals surface area (Å²) in [7, 11) is 1.57. The summed E-state index contributed by atoms with van der Waals surface area (Å²) < 4.78 is 18.1. The molecule has 1 saturated heterocycles. The zero-order valence-corrected chi connectivity index (χ0v) is 18.9. The third kappa shape index (κ3) is 4.02. The average molecular weight is 450 g/mol. The van der Waals surface area contributed by atoms with Gasteiger partial charge in [-0.1, -0.05) is 6.07 Å². The first-order valence-electron chi connectivity index (χ1n) is 11.2. The van der Waals surface area contributed by atoms with Gasteiger partial charge in [0.25, 0.3) is 5.91 Å². The van der Waals surface area contributed by atoms with Crippen molar-refractivity contribution in [3.8, 4) is 17.2 Å². The maximum atomic E-state index is 13.3. The molecule has 0 saturated carbocycles. The number of piperazine rings is 1. The molecule has 1 amide bonds. The predicted octanol–water partition coefficient (Wildman–Crippen LogP) is 2.72. The van der Waals surface area contributed by atoms with Crippen LogP contribution in [0.2, 0.25) is 0 Å². The standard InChI is InChI=1S/C25H27N3O5/c1-3-27-15-20(24(29)19-13-18(31-2)5-6-21(19)27)25(30)28-10-8-26(9-11-28)14-17-4-7-22-23(12-17)33-16-32-22/h4-7,12-13,15H,3,8-11,14,16H2,1-2H3. The molecule has 0 spiro atoms. The van der Waals surface area contributed by atoms with Crippen LogP contribution in [0.4, 0.5) is 0 Å². The fraction of sp³-hybridized carbons (Fsp3) is 0.360. The van der Waals surface area contributed by atoms with Crippen LogP contribution in [0.3, 0.4) is 0 Å². The van der Waals surface area contributed by atoms with Crippen molar-refractivity contribution in [2.45, 2.75) is 20.0 Å². The van der Waals surface area contributed by atoms with Gasteiger partial charge in [-0.15, -0.1) is 0 Å². The summed E-state index contributed by atoms with van der Waals surface area (Å²) in [5, 5.41) is 0.503. The van der Waals surface area contributed by atoms with E-state index in [9.17, 15) is 9.59 Å². The van der Waals surface area contributed by atoms with Crippen LogP contribution >= 0.6 is 0 Å². The lowest BCUT2D eigenvalue weighted by molar-refractivity contribution is 0.0626. The van der Waals surface area contributed by atoms with E-state index in [0.29, 0.717) is 30.8 Å². The number of ether oxygens (including phenoxy) is 3. The second-order valence-corrected chi connectivity index (χ2v) is 8.30. The van der Waals surface area contributed by atoms with E-state index < -0.39 is 0 Å². The Kier molecular flexibility index (Phi) is 5.68. The largest absolute Gasteiger partial charge is 0.497 e. The Hall–Kier alpha value is -3.52. The van der Waals surface area contributed by atoms with Gasteiger partial charge in [-0.05, 0) is 42.8 Å². The molecule has 0 N–H and O–H groups in total. The number of aryl methyl sites for hydroxylation is 1. The number of hydrogen-bond acceptors (Lipinski definition) is 6. The number of carbonyl (C=O) groups is 1. The fourth-order valence-corrected chi connectivity index (χ4v) is 4.49. The number of amides is 1. The normalized spacial score (nSPS) is 15.8. The van der Waals surface area contributed by atoms with Crippen molar-refractivity contribution in [1.29, 1.82) is 0 Å². The lowest BCUT2D eigenvalue weighted by atomic mass is 10.1. The number of benzene rings is 2. The Morgan fingerprint density at radius 2 is 1.82 bits per heavy atom. The first-order valence-corrected chi connectivity index (χ1v) is 11.2. The number of pyridine rings is 1. The molecule has 0 bridgehead atoms. The van der Waals surface area contributed by atoms with Gasteiger partial charge in [0.05, 0.1) is 18.0 Å². The first-order chi connectivity index (χ1) is 16.1. The highest BCUT2D eigenvalue weighted by Gasteiger charge is 2.25. The summed E-state index contributed by atoms with van der Waals surface area (Å²) in [6, 6.07) is 11.4. The van der Waals surface area contributed by atoms with Crippen molar-refractivity contribution in [2.75, 3.05) is 40.1 Å². The zero-order chi connectivity index (χ0) is 22.9. The molecule has 2 aliphatic heterocycles. The molecule has 5 rings (SSSR count). The molecule has 3 heterocycles. The van der Waals surface area contributed by atoms with Crippen LogP contribution in [0.25, 0.3) is 10.9 Å². The maximum absolute atomic E-state index is 13.3. The van der Waals surface area contributed by atoms with Crippen LogP contribution in [0.5, 0.6) is 17.2 Å². The summed E-state index contributed by atoms with van der Waals surface area (Å²) in [6.45, 7) is 6.32. The van der Waals surface area contributed by atoms with Gasteiger partial charge in [0, 0.05) is 45.5 Å². The van der Waals surface area contributed by atoms with Gasteiger partial charge >= 0.3 is 0 Å². The van der Waals surface area contributed by atoms with E-state index in [0.717, 1.165) is 42.2 Å². The second-order valence-electron chi connectivity index (χ2n) is 8.30. The van der Waals surface area contributed by atoms with Crippen molar-refractivity contribution in [3.63, 3.8) is 0 Å². The minimum absolute atomic E-state index is 0.210. The van der Waals surface area contributed by atoms with E-state index in [-0.39, 0.29) is 23.7 Å². The van der Waals surface area contributed by atoms with Crippen molar-refractivity contribution < 1.29 is 19.0 Å². The Morgan fingerprint density at radius 1 is 1.03 bits per heavy atom. The highest BCUT2D eigenvalue weighted by Crippen LogP contribution is 2.33. The molecule has 0 radical (unpaired) electrons. The smallest absolute Gasteiger partial charge is 0.259 e. The third-order valence-corrected chi connectivity index (χ3v) is 6.36. The Labute approximate surface area is 191 Å². The molecule has 172 valence electrons. The van der Waals surface area contributed by atoms with Crippen molar-refractivity contribution in [3.05, 3.63) is 63.9 Å². The van der Waals surface area contributed by atoms with Gasteiger partial charge < -0.3 is 23.7 Å². The van der Waals surface area contributed by atoms with Crippen LogP contribution in [-0.2, 0) is 13.1 Å². The van der Waals surface area contributed by atoms with Crippen LogP contribution in [-0.4, -0.2) is 60.4 Å². The molecule has 2 aliphatic rings. The van der Waals surface area contributed by atoms with E-state index in [1.54, 1.807) is 24.3 Å². The summed E-state index contributed by atoms with van der Waals surface area (Å²) in [5.74, 6) is 1.94. The van der Waals surface area contributed by atoms with Gasteiger partial charge in [0.1, 0.15) is 11.3 Å². The molecule has 3 aromatic rings. The molecule has 8 nitrogen and oxygen atoms in total. The van der Waals surface area contributed by atoms with Crippen LogP contribution in [0, 0.1) is 0 Å². The van der Waals surface area contributed by atoms with E-state index in [2.05, 4.69) is 4.90 Å². The average Bonchev–Trinajstić information content (AvgIpc) is 3.32. The van der Waals surface area contributed by atoms with Gasteiger partial charge in [0.15, 0.2) is 11.5 Å². The van der Waals surface area contributed by atoms with Crippen LogP contribution in [0.1, 0.15) is 22.8 Å². The highest BCUT2D eigenvalue weighted by molar-refractivity contribution is 5.97. The number of rotatable bonds is 5. The number of fused-ring (bicyclic) bond motifs is 2. The summed E-state index contributed by atoms with van der Waals surface area (Å²) in [4.78, 5) is 30.6. The minimum Gasteiger partial charge on any atom is -0.497 e. The van der Waals surface area contributed by atoms with Gasteiger partial charge in [0.2, 0.25) is 12.2 Å². The molecule has 0 atom stereocenters. The summed E-state index contributed by atoms with van der Waals surface area (Å²) in [6.07, 6.45) is 1.69. The molecule has 0 aliphatic carbocycles. The molecular formula is C25H27N3O5. The van der Waals surface area contributed by atoms with Crippen molar-refractivity contribution >= 4 is 16.8 Å². The number of nitrogens with zero attached hydrogens (tertiary/aromatic N) is 3. The van der Waals surface area contributed by atoms with Gasteiger partial charge in [-0.25, -0.2) is 0 Å². The summed E-state index contributed by atoms with van der Waals surface area (Å²) >= 11 is 0. The quantitative estimate of drug-likeness (QED) is 0.597. The van der Waals surface area contributed by atoms with Gasteiger partial charge in [-0.3, -0.25) is 14.5 Å². The minimum atomic E-state index is -0.249. The van der Waals surface area contributed by atoms with E-state index >= 15 is 0 Å². The Bertz CT molecular complexity index is 1260. The molecule has 8 heteroatoms. The molecule has 2 aromatic carbocycles. The number of methoxy groups -OCH3 is 1. The van der Waals surface area contributed by atoms with Gasteiger partial charge in [-0.2, -0.15) is 0 Å². The second kappa shape index (κ2) is 8.78. The highest BCUT2D eigenvalue weighted by atomic mass is 16.7. The SMILES string of the molecule is CCn1cc(C(=O)N2CCN(Cc3ccc4c(c3)OCO4)CC2)c(=O)c2cc(OC)ccc21. The van der Waals surface area contributed by atoms with Crippen molar-refractivity contribution in [2.24, 2.45) is 0 Å². The lowest BCUT2D eigenvalue weighted by Gasteiger charge is -2.34. The van der Waals surface area contributed by atoms with E-state index in [4.69, 9.17) is 14.2 Å². The van der Waals surface area contributed by atoms with Crippen LogP contribution < -0.4 is 19.6 Å². The monoisotopic (exact) mass is 449 g/mol. The maximum Gasteiger partial charge on any atom is 0.259 e. The molecule has 0 unspecified atom stereocenters. The molecule has 1 fully saturated rings. The van der Waals surface area contributed by atoms with Crippen molar-refractivity contribution in [1.82, 2.24) is 14.4 Å². The fourth-order valence-electron chi connectivity index (χ4n) is 4.49. The zero-order valence-electron chi connectivity index (χ0n) is 18.9. The molecule has 33 heavy (non-hydrogen) atoms. The topological polar surface area (TPSA) is 73.2 Å². The Balaban J connectivity index is 1.31. The lowest BCUT2D eigenvalue weighted by Crippen LogP contribution is -2.49.